The van der Waals surface area contributed by atoms with Crippen molar-refractivity contribution in [3.05, 3.63) is 55.2 Å². The van der Waals surface area contributed by atoms with Crippen molar-refractivity contribution in [1.29, 1.82) is 0 Å². The predicted molar refractivity (Wildman–Crippen MR) is 261 cm³/mol. The third-order valence-corrected chi connectivity index (χ3v) is 22.8. The number of aliphatic hydroxyl groups excluding tert-OH is 3. The van der Waals surface area contributed by atoms with Crippen LogP contribution in [-0.4, -0.2) is 143 Å². The van der Waals surface area contributed by atoms with Gasteiger partial charge in [-0.15, -0.1) is 0 Å². The van der Waals surface area contributed by atoms with E-state index in [-0.39, 0.29) is 101 Å². The summed E-state index contributed by atoms with van der Waals surface area (Å²) in [5.74, 6) is -1.07. The number of hydrogen-bond acceptors (Lipinski definition) is 11. The van der Waals surface area contributed by atoms with E-state index >= 15 is 0 Å². The Morgan fingerprint density at radius 2 is 1.58 bits per heavy atom. The SMILES string of the molecule is C=I1(C)C[C@H](C)CC(C)(C)[CH-][C@@H](C)[C@H](O[C@H]2C[C@@](C)(OC)[C@@H](O)[C@H](C)O2)[C@@H](C)C(=O)O[C@H](CC)C(C)(C)[C@H](O)[C@H]1C.[CH2-][C@H](O)[C@H](C[CH-]C)N(C)CCN1C(=O)c2ccccc2C1=O.[U+2].[U]. The number of fused-ring (bicyclic) bond motifs is 1. The number of amides is 2. The van der Waals surface area contributed by atoms with Gasteiger partial charge in [-0.05, 0) is 25.2 Å². The van der Waals surface area contributed by atoms with E-state index in [1.165, 1.54) is 4.90 Å². The number of ether oxygens (including phenoxy) is 4. The van der Waals surface area contributed by atoms with Crippen molar-refractivity contribution < 1.29 is 111 Å². The van der Waals surface area contributed by atoms with E-state index < -0.39 is 77.8 Å². The average Bonchev–Trinajstić information content (AvgIpc) is 3.44. The van der Waals surface area contributed by atoms with Crippen molar-refractivity contribution in [2.75, 3.05) is 36.6 Å². The van der Waals surface area contributed by atoms with Crippen LogP contribution in [0.25, 0.3) is 0 Å². The molecular weight excluding hydrogens is 1390 g/mol. The molecule has 2 amide bonds. The van der Waals surface area contributed by atoms with Crippen LogP contribution in [0.5, 0.6) is 0 Å². The van der Waals surface area contributed by atoms with Gasteiger partial charge in [0.05, 0.1) is 11.1 Å². The van der Waals surface area contributed by atoms with Crippen LogP contribution < -0.4 is 0 Å². The van der Waals surface area contributed by atoms with Gasteiger partial charge in [-0.25, -0.2) is 0 Å². The van der Waals surface area contributed by atoms with Crippen molar-refractivity contribution in [2.45, 2.75) is 167 Å². The molecule has 12 nitrogen and oxygen atoms in total. The predicted octanol–water partition coefficient (Wildman–Crippen LogP) is 7.41. The number of alkyl halides is 3. The number of nitrogens with zero attached hydrogens (tertiary/aromatic N) is 2. The molecule has 3 heterocycles. The minimum atomic E-state index is -2.59. The molecule has 0 aliphatic carbocycles. The van der Waals surface area contributed by atoms with Gasteiger partial charge in [-0.1, -0.05) is 18.2 Å². The fraction of sp³-hybridized carbons (Fsp3) is 0.740. The molecule has 3 N–H and O–H groups in total. The number of imide groups is 1. The van der Waals surface area contributed by atoms with Gasteiger partial charge < -0.3 is 28.5 Å². The number of cyclic esters (lactones) is 1. The molecule has 370 valence electrons. The van der Waals surface area contributed by atoms with Crippen LogP contribution in [0, 0.1) is 111 Å². The summed E-state index contributed by atoms with van der Waals surface area (Å²) in [4.78, 5) is 43.9. The molecule has 2 fully saturated rings. The van der Waals surface area contributed by atoms with E-state index in [9.17, 15) is 29.7 Å². The molecule has 0 bridgehead atoms. The normalized spacial score (nSPS) is 36.2. The van der Waals surface area contributed by atoms with Crippen molar-refractivity contribution >= 4 is 40.3 Å². The molecule has 65 heavy (non-hydrogen) atoms. The molecule has 1 unspecified atom stereocenters. The first-order valence-corrected chi connectivity index (χ1v) is 29.3. The number of carbonyl (C=O) groups is 3. The maximum Gasteiger partial charge on any atom is 2.00 e. The molecule has 15 heteroatoms. The summed E-state index contributed by atoms with van der Waals surface area (Å²) >= 11 is -2.59. The molecular formula is C50H84IN2O10U2-. The van der Waals surface area contributed by atoms with E-state index in [2.05, 4.69) is 52.9 Å². The minimum Gasteiger partial charge on any atom is -0.424 e. The summed E-state index contributed by atoms with van der Waals surface area (Å²) in [5, 5.41) is 32.2. The number of esters is 1. The van der Waals surface area contributed by atoms with Crippen LogP contribution in [0.15, 0.2) is 24.3 Å². The molecule has 4 rings (SSSR count). The second kappa shape index (κ2) is 26.6. The Hall–Kier alpha value is 0.254. The standard InChI is InChI=1S/C33H62IO7.C17H22N2O3.2U/c1-15-25-32(9,10)28(35)23(5)34(12,13)19-20(2)16-31(7,8)17-21(3)27(22(4)30(37)40-25)41-26-18-33(11,38-14)29(36)24(6)39-26;1-4-7-15(12(2)20)18(3)10-11-19-16(21)13-8-5-6-9-14(13)17(19)22;;/h17,20-29,35-36H,12,15-16,18-19H2,1-11,13-14H3;4-6,8-9,12,15,20H,2,7,10-11H2,1,3H3;;/q-1;-2;;+2/t20-,21-,22-,23-,24+,25-,26+,27+,28-,29+,33-;12-,15-;;/m10../s1. The van der Waals surface area contributed by atoms with Gasteiger partial charge in [-0.3, -0.25) is 14.5 Å². The number of carbonyl (C=O) groups excluding carboxylic acids is 3. The van der Waals surface area contributed by atoms with E-state index in [0.717, 1.165) is 10.8 Å². The van der Waals surface area contributed by atoms with Gasteiger partial charge >= 0.3 is 275 Å². The Balaban J connectivity index is 0.000000743. The summed E-state index contributed by atoms with van der Waals surface area (Å²) < 4.78 is 30.6. The number of halogens is 1. The third kappa shape index (κ3) is 16.1. The van der Waals surface area contributed by atoms with Gasteiger partial charge in [-0.2, -0.15) is 13.3 Å². The molecule has 2 saturated heterocycles. The van der Waals surface area contributed by atoms with Crippen LogP contribution in [0.1, 0.15) is 129 Å². The molecule has 0 saturated carbocycles. The quantitative estimate of drug-likeness (QED) is 0.0668. The molecule has 0 spiro atoms. The second-order valence-electron chi connectivity index (χ2n) is 20.4. The maximum atomic E-state index is 13.8. The summed E-state index contributed by atoms with van der Waals surface area (Å²) in [7, 11) is 3.45. The van der Waals surface area contributed by atoms with E-state index in [1.54, 1.807) is 31.4 Å². The van der Waals surface area contributed by atoms with Crippen LogP contribution in [-0.2, 0) is 23.7 Å². The first-order chi connectivity index (χ1) is 29.1. The Kier molecular flexibility index (Phi) is 25.9. The smallest absolute Gasteiger partial charge is 0.424 e. The third-order valence-electron chi connectivity index (χ3n) is 13.9. The number of methoxy groups -OCH3 is 1. The molecule has 3 aliphatic heterocycles. The number of benzene rings is 1. The van der Waals surface area contributed by atoms with Crippen LogP contribution in [0.2, 0.25) is 0 Å². The molecule has 14 atom stereocenters. The first-order valence-electron chi connectivity index (χ1n) is 22.8. The summed E-state index contributed by atoms with van der Waals surface area (Å²) in [6.07, 6.45) is 2.64. The van der Waals surface area contributed by atoms with E-state index in [1.807, 2.05) is 66.8 Å². The van der Waals surface area contributed by atoms with Crippen molar-refractivity contribution in [1.82, 2.24) is 9.80 Å². The average molecular weight is 1480 g/mol. The summed E-state index contributed by atoms with van der Waals surface area (Å²) in [6.45, 7) is 29.0. The molecule has 0 aromatic heterocycles. The van der Waals surface area contributed by atoms with Gasteiger partial charge in [0, 0.05) is 51.3 Å². The van der Waals surface area contributed by atoms with Gasteiger partial charge in [0.15, 0.2) is 0 Å². The molecule has 0 radical (unpaired) electrons. The topological polar surface area (TPSA) is 155 Å². The number of aliphatic hydroxyl groups is 3. The first kappa shape index (κ1) is 63.3. The zero-order valence-electron chi connectivity index (χ0n) is 42.2. The fourth-order valence-electron chi connectivity index (χ4n) is 9.99. The second-order valence-corrected chi connectivity index (χ2v) is 30.4. The summed E-state index contributed by atoms with van der Waals surface area (Å²) in [6, 6.07) is 6.74. The Bertz CT molecular complexity index is 1700. The number of hydrogen-bond donors (Lipinski definition) is 3. The van der Waals surface area contributed by atoms with Crippen LogP contribution >= 0.6 is 18.0 Å². The number of likely N-dealkylation sites (N-methyl/N-ethyl adjacent to an activating group) is 1. The Morgan fingerprint density at radius 3 is 2.08 bits per heavy atom. The van der Waals surface area contributed by atoms with Crippen LogP contribution in [0.3, 0.4) is 0 Å². The zero-order chi connectivity index (χ0) is 48.0. The van der Waals surface area contributed by atoms with Crippen LogP contribution in [0.4, 0.5) is 0 Å². The molecule has 1 aromatic rings. The Labute approximate surface area is 444 Å². The van der Waals surface area contributed by atoms with Crippen molar-refractivity contribution in [2.24, 2.45) is 28.6 Å². The monoisotopic (exact) mass is 1480 g/mol. The van der Waals surface area contributed by atoms with Gasteiger partial charge in [0.25, 0.3) is 11.8 Å². The molecule has 3 aliphatic rings. The Morgan fingerprint density at radius 1 is 1.03 bits per heavy atom. The fourth-order valence-corrected chi connectivity index (χ4v) is 17.1. The van der Waals surface area contributed by atoms with Crippen molar-refractivity contribution in [3.8, 4) is 0 Å². The van der Waals surface area contributed by atoms with E-state index in [4.69, 9.17) is 23.5 Å². The largest absolute Gasteiger partial charge is 2.00 e. The van der Waals surface area contributed by atoms with Gasteiger partial charge in [0.2, 0.25) is 0 Å². The van der Waals surface area contributed by atoms with E-state index in [0.29, 0.717) is 49.4 Å². The number of rotatable bonds is 11. The van der Waals surface area contributed by atoms with Gasteiger partial charge in [0.1, 0.15) is 0 Å². The van der Waals surface area contributed by atoms with Crippen molar-refractivity contribution in [3.63, 3.8) is 0 Å². The molecule has 1 aromatic carbocycles. The summed E-state index contributed by atoms with van der Waals surface area (Å²) in [5.41, 5.74) is -0.659. The zero-order valence-corrected chi connectivity index (χ0v) is 52.7. The maximum absolute atomic E-state index is 13.8. The minimum absolute atomic E-state index is 0.